The molecule has 0 fully saturated rings. The molecular formula is C20H21F3N2O6S3. The van der Waals surface area contributed by atoms with Gasteiger partial charge in [0, 0.05) is 17.2 Å². The summed E-state index contributed by atoms with van der Waals surface area (Å²) in [6.07, 6.45) is 1.39. The standard InChI is InChI=1S/C20H21F3N2O6S3/c1-10-14(32(5)27)9-12(19(2,3)4)17(26)16(10)18-24-13-8-11(33(28,29)20(21,22)23)6-7-15(13)34(30,31)25-18/h6-9,26H,1-5H3,(H,24,25)/t32-/m1/s1. The van der Waals surface area contributed by atoms with Crippen LogP contribution in [0.2, 0.25) is 0 Å². The number of sulfonamides is 1. The van der Waals surface area contributed by atoms with Gasteiger partial charge in [-0.1, -0.05) is 20.8 Å². The summed E-state index contributed by atoms with van der Waals surface area (Å²) in [6.45, 7) is 6.77. The van der Waals surface area contributed by atoms with Crippen LogP contribution in [0.15, 0.2) is 43.9 Å². The van der Waals surface area contributed by atoms with Crippen LogP contribution >= 0.6 is 0 Å². The lowest BCUT2D eigenvalue weighted by Gasteiger charge is -2.26. The van der Waals surface area contributed by atoms with E-state index in [1.54, 1.807) is 20.8 Å². The molecule has 0 saturated heterocycles. The van der Waals surface area contributed by atoms with E-state index < -0.39 is 63.3 Å². The summed E-state index contributed by atoms with van der Waals surface area (Å²) < 4.78 is 103. The monoisotopic (exact) mass is 538 g/mol. The predicted octanol–water partition coefficient (Wildman–Crippen LogP) is 3.40. The highest BCUT2D eigenvalue weighted by Crippen LogP contribution is 2.41. The fraction of sp³-hybridized carbons (Fsp3) is 0.350. The number of phenolic OH excluding ortho intramolecular Hbond substituents is 1. The van der Waals surface area contributed by atoms with Crippen LogP contribution in [0.3, 0.4) is 0 Å². The molecule has 1 aliphatic rings. The van der Waals surface area contributed by atoms with Gasteiger partial charge in [-0.15, -0.1) is 0 Å². The van der Waals surface area contributed by atoms with Crippen molar-refractivity contribution in [1.29, 1.82) is 0 Å². The number of benzene rings is 2. The zero-order chi connectivity index (χ0) is 26.0. The molecule has 1 aliphatic heterocycles. The summed E-state index contributed by atoms with van der Waals surface area (Å²) in [5, 5.41) is 11.0. The van der Waals surface area contributed by atoms with Gasteiger partial charge in [-0.05, 0) is 41.7 Å². The highest BCUT2D eigenvalue weighted by Gasteiger charge is 2.47. The van der Waals surface area contributed by atoms with Crippen LogP contribution in [-0.2, 0) is 36.5 Å². The molecule has 2 N–H and O–H groups in total. The smallest absolute Gasteiger partial charge is 0.501 e. The van der Waals surface area contributed by atoms with Crippen LogP contribution in [0, 0.1) is 6.92 Å². The first kappa shape index (κ1) is 26.3. The summed E-state index contributed by atoms with van der Waals surface area (Å²) >= 11 is -1.55. The molecule has 3 rings (SSSR count). The molecule has 1 atom stereocenters. The van der Waals surface area contributed by atoms with Crippen LogP contribution in [0.5, 0.6) is 5.75 Å². The second kappa shape index (κ2) is 8.14. The van der Waals surface area contributed by atoms with E-state index in [2.05, 4.69) is 9.71 Å². The number of fused-ring (bicyclic) bond motifs is 1. The number of phenols is 1. The number of amidine groups is 1. The number of halogens is 3. The highest BCUT2D eigenvalue weighted by molar-refractivity contribution is 7.92. The molecule has 0 bridgehead atoms. The van der Waals surface area contributed by atoms with Crippen LogP contribution in [-0.4, -0.2) is 44.1 Å². The Hall–Kier alpha value is -2.29. The second-order valence-corrected chi connectivity index (χ2v) is 13.6. The molecule has 1 heterocycles. The Morgan fingerprint density at radius 1 is 1.15 bits per heavy atom. The summed E-state index contributed by atoms with van der Waals surface area (Å²) in [6, 6.07) is 3.28. The van der Waals surface area contributed by atoms with E-state index in [9.17, 15) is 39.7 Å². The van der Waals surface area contributed by atoms with Gasteiger partial charge in [0.1, 0.15) is 16.9 Å². The summed E-state index contributed by atoms with van der Waals surface area (Å²) in [4.78, 5) is 2.62. The zero-order valence-corrected chi connectivity index (χ0v) is 21.1. The van der Waals surface area contributed by atoms with Gasteiger partial charge in [0.2, 0.25) is 0 Å². The Balaban J connectivity index is 2.37. The number of alkyl halides is 3. The van der Waals surface area contributed by atoms with E-state index in [0.29, 0.717) is 28.7 Å². The van der Waals surface area contributed by atoms with Crippen molar-refractivity contribution in [3.05, 3.63) is 41.0 Å². The van der Waals surface area contributed by atoms with E-state index >= 15 is 0 Å². The SMILES string of the molecule is Cc1c([S@@+](C)[O-])cc(C(C)(C)C)c(O)c1C1=Nc2cc(S(=O)(=O)C(F)(F)F)ccc2S(=O)(=O)N1. The molecule has 0 spiro atoms. The van der Waals surface area contributed by atoms with Crippen molar-refractivity contribution < 1.29 is 39.7 Å². The molecule has 0 aromatic heterocycles. The molecule has 0 amide bonds. The molecule has 186 valence electrons. The number of nitrogens with zero attached hydrogens (tertiary/aromatic N) is 1. The maximum atomic E-state index is 13.0. The summed E-state index contributed by atoms with van der Waals surface area (Å²) in [7, 11) is -10.2. The lowest BCUT2D eigenvalue weighted by Crippen LogP contribution is -2.35. The molecule has 34 heavy (non-hydrogen) atoms. The topological polar surface area (TPSA) is 136 Å². The van der Waals surface area contributed by atoms with Crippen LogP contribution in [0.1, 0.15) is 37.5 Å². The van der Waals surface area contributed by atoms with Crippen molar-refractivity contribution in [2.24, 2.45) is 4.99 Å². The van der Waals surface area contributed by atoms with Crippen LogP contribution in [0.25, 0.3) is 0 Å². The molecule has 0 saturated carbocycles. The van der Waals surface area contributed by atoms with Crippen LogP contribution < -0.4 is 4.72 Å². The van der Waals surface area contributed by atoms with Crippen molar-refractivity contribution in [3.63, 3.8) is 0 Å². The van der Waals surface area contributed by atoms with Gasteiger partial charge in [-0.3, -0.25) is 4.72 Å². The first-order valence-corrected chi connectivity index (χ1v) is 14.1. The Bertz CT molecular complexity index is 1420. The maximum absolute atomic E-state index is 13.0. The fourth-order valence-corrected chi connectivity index (χ4v) is 6.19. The van der Waals surface area contributed by atoms with E-state index in [0.717, 1.165) is 0 Å². The van der Waals surface area contributed by atoms with Gasteiger partial charge in [-0.2, -0.15) is 13.2 Å². The molecule has 14 heteroatoms. The van der Waals surface area contributed by atoms with Gasteiger partial charge in [0.25, 0.3) is 19.9 Å². The maximum Gasteiger partial charge on any atom is 0.501 e. The second-order valence-electron chi connectivity index (χ2n) is 8.62. The highest BCUT2D eigenvalue weighted by atomic mass is 32.2. The first-order chi connectivity index (χ1) is 15.3. The Morgan fingerprint density at radius 3 is 2.24 bits per heavy atom. The van der Waals surface area contributed by atoms with E-state index in [1.807, 2.05) is 0 Å². The van der Waals surface area contributed by atoms with Crippen molar-refractivity contribution in [2.45, 2.75) is 53.3 Å². The third kappa shape index (κ3) is 4.39. The van der Waals surface area contributed by atoms with Crippen LogP contribution in [0.4, 0.5) is 18.9 Å². The number of nitrogens with one attached hydrogen (secondary N) is 1. The third-order valence-corrected chi connectivity index (χ3v) is 9.08. The van der Waals surface area contributed by atoms with Gasteiger partial charge < -0.3 is 9.66 Å². The number of sulfone groups is 1. The van der Waals surface area contributed by atoms with Crippen molar-refractivity contribution >= 4 is 42.6 Å². The Kier molecular flexibility index (Phi) is 6.30. The van der Waals surface area contributed by atoms with Crippen molar-refractivity contribution in [3.8, 4) is 5.75 Å². The van der Waals surface area contributed by atoms with Gasteiger partial charge in [0.05, 0.1) is 16.1 Å². The minimum atomic E-state index is -5.76. The van der Waals surface area contributed by atoms with E-state index in [-0.39, 0.29) is 16.9 Å². The third-order valence-electron chi connectivity index (χ3n) is 5.16. The molecule has 0 unspecified atom stereocenters. The lowest BCUT2D eigenvalue weighted by atomic mass is 9.84. The average Bonchev–Trinajstić information content (AvgIpc) is 2.64. The molecule has 0 radical (unpaired) electrons. The minimum absolute atomic E-state index is 0.115. The predicted molar refractivity (Wildman–Crippen MR) is 120 cm³/mol. The number of rotatable bonds is 3. The normalized spacial score (nSPS) is 16.9. The summed E-state index contributed by atoms with van der Waals surface area (Å²) in [5.74, 6) is -0.801. The van der Waals surface area contributed by atoms with Gasteiger partial charge in [-0.25, -0.2) is 21.8 Å². The molecular weight excluding hydrogens is 517 g/mol. The number of hydrogen-bond donors (Lipinski definition) is 2. The molecule has 0 aliphatic carbocycles. The van der Waals surface area contributed by atoms with Crippen molar-refractivity contribution in [1.82, 2.24) is 4.72 Å². The van der Waals surface area contributed by atoms with Gasteiger partial charge in [0.15, 0.2) is 10.7 Å². The number of aromatic hydroxyl groups is 1. The number of hydrogen-bond acceptors (Lipinski definition) is 7. The average molecular weight is 539 g/mol. The van der Waals surface area contributed by atoms with E-state index in [1.165, 1.54) is 19.2 Å². The lowest BCUT2D eigenvalue weighted by molar-refractivity contribution is -0.0436. The molecule has 8 nitrogen and oxygen atoms in total. The Labute approximate surface area is 198 Å². The largest absolute Gasteiger partial charge is 0.612 e. The summed E-state index contributed by atoms with van der Waals surface area (Å²) in [5.41, 5.74) is -6.38. The zero-order valence-electron chi connectivity index (χ0n) is 18.6. The minimum Gasteiger partial charge on any atom is -0.612 e. The number of aliphatic imine (C=N–C) groups is 1. The first-order valence-electron chi connectivity index (χ1n) is 9.57. The fourth-order valence-electron chi connectivity index (χ4n) is 3.45. The van der Waals surface area contributed by atoms with Crippen molar-refractivity contribution in [2.75, 3.05) is 6.26 Å². The molecule has 2 aromatic rings. The van der Waals surface area contributed by atoms with E-state index in [4.69, 9.17) is 0 Å². The van der Waals surface area contributed by atoms with Gasteiger partial charge >= 0.3 is 5.51 Å². The Morgan fingerprint density at radius 2 is 1.74 bits per heavy atom. The molecule has 2 aromatic carbocycles. The quantitative estimate of drug-likeness (QED) is 0.575.